The predicted molar refractivity (Wildman–Crippen MR) is 157 cm³/mol. The number of hydrogen-bond acceptors (Lipinski definition) is 5. The average molecular weight is 625 g/mol. The summed E-state index contributed by atoms with van der Waals surface area (Å²) in [7, 11) is 0. The van der Waals surface area contributed by atoms with Crippen molar-refractivity contribution in [3.63, 3.8) is 0 Å². The fraction of sp³-hybridized carbons (Fsp3) is 0.241. The molecule has 10 heteroatoms. The molecule has 5 aromatic rings. The van der Waals surface area contributed by atoms with E-state index in [1.54, 1.807) is 17.0 Å². The third kappa shape index (κ3) is 4.86. The second-order valence-corrected chi connectivity index (χ2v) is 12.1. The molecule has 0 bridgehead atoms. The van der Waals surface area contributed by atoms with Crippen molar-refractivity contribution in [2.45, 2.75) is 32.3 Å². The number of aromatic nitrogens is 4. The van der Waals surface area contributed by atoms with Gasteiger partial charge in [-0.05, 0) is 67.0 Å². The SMILES string of the molecule is CC(C)(C)OC(=O)N1CC(c2ccc(-c3cnc4ccn5c(Br)c(-c6c(Cl)cccc6Cl)nc5c4c3)cn2)C1. The lowest BCUT2D eigenvalue weighted by molar-refractivity contribution is 0.00787. The summed E-state index contributed by atoms with van der Waals surface area (Å²) < 4.78 is 8.16. The maximum Gasteiger partial charge on any atom is 0.410 e. The van der Waals surface area contributed by atoms with Gasteiger partial charge in [-0.15, -0.1) is 0 Å². The van der Waals surface area contributed by atoms with Gasteiger partial charge in [-0.3, -0.25) is 14.4 Å². The van der Waals surface area contributed by atoms with Crippen molar-refractivity contribution in [2.24, 2.45) is 0 Å². The molecule has 1 amide bonds. The molecule has 1 saturated heterocycles. The fourth-order valence-electron chi connectivity index (χ4n) is 4.67. The summed E-state index contributed by atoms with van der Waals surface area (Å²) in [5.74, 6) is 0.193. The molecule has 0 atom stereocenters. The Kier molecular flexibility index (Phi) is 6.52. The summed E-state index contributed by atoms with van der Waals surface area (Å²) in [6, 6.07) is 13.5. The van der Waals surface area contributed by atoms with E-state index >= 15 is 0 Å². The molecule has 39 heavy (non-hydrogen) atoms. The lowest BCUT2D eigenvalue weighted by atomic mass is 9.95. The van der Waals surface area contributed by atoms with Crippen LogP contribution in [0.25, 0.3) is 38.9 Å². The molecule has 5 heterocycles. The zero-order valence-electron chi connectivity index (χ0n) is 21.5. The van der Waals surface area contributed by atoms with E-state index in [0.717, 1.165) is 38.0 Å². The summed E-state index contributed by atoms with van der Waals surface area (Å²) in [5, 5.41) is 1.95. The summed E-state index contributed by atoms with van der Waals surface area (Å²) in [6.45, 7) is 6.81. The Morgan fingerprint density at radius 3 is 2.41 bits per heavy atom. The Hall–Kier alpha value is -3.20. The fourth-order valence-corrected chi connectivity index (χ4v) is 5.82. The minimum Gasteiger partial charge on any atom is -0.444 e. The Balaban J connectivity index is 1.29. The lowest BCUT2D eigenvalue weighted by Gasteiger charge is -2.39. The van der Waals surface area contributed by atoms with Gasteiger partial charge in [0.2, 0.25) is 0 Å². The zero-order chi connectivity index (χ0) is 27.5. The first-order chi connectivity index (χ1) is 18.6. The summed E-state index contributed by atoms with van der Waals surface area (Å²) in [5.41, 5.74) is 5.21. The molecule has 1 fully saturated rings. The maximum absolute atomic E-state index is 12.2. The maximum atomic E-state index is 12.2. The molecule has 6 rings (SSSR count). The van der Waals surface area contributed by atoms with Gasteiger partial charge in [0.1, 0.15) is 21.5 Å². The second kappa shape index (κ2) is 9.77. The van der Waals surface area contributed by atoms with E-state index < -0.39 is 5.60 Å². The van der Waals surface area contributed by atoms with E-state index in [4.69, 9.17) is 42.9 Å². The standard InChI is InChI=1S/C29H24BrCl2N5O2/c1-29(2,3)39-28(38)36-14-18(15-36)22-8-7-16(12-33-22)17-11-19-23(34-13-17)9-10-37-26(30)25(35-27(19)37)24-20(31)5-4-6-21(24)32/h4-13,18H,14-15H2,1-3H3. The van der Waals surface area contributed by atoms with Gasteiger partial charge in [-0.25, -0.2) is 9.78 Å². The van der Waals surface area contributed by atoms with Crippen LogP contribution in [0.4, 0.5) is 4.79 Å². The van der Waals surface area contributed by atoms with Crippen molar-refractivity contribution >= 4 is 61.8 Å². The first-order valence-electron chi connectivity index (χ1n) is 12.4. The average Bonchev–Trinajstić information content (AvgIpc) is 3.18. The highest BCUT2D eigenvalue weighted by Crippen LogP contribution is 2.39. The summed E-state index contributed by atoms with van der Waals surface area (Å²) >= 11 is 16.7. The van der Waals surface area contributed by atoms with Crippen LogP contribution in [0, 0.1) is 0 Å². The first-order valence-corrected chi connectivity index (χ1v) is 14.0. The third-order valence-corrected chi connectivity index (χ3v) is 8.05. The van der Waals surface area contributed by atoms with E-state index in [0.29, 0.717) is 34.4 Å². The number of carbonyl (C=O) groups excluding carboxylic acids is 1. The normalized spacial score (nSPS) is 14.2. The Morgan fingerprint density at radius 1 is 1.03 bits per heavy atom. The molecule has 7 nitrogen and oxygen atoms in total. The van der Waals surface area contributed by atoms with E-state index in [2.05, 4.69) is 22.0 Å². The number of halogens is 3. The van der Waals surface area contributed by atoms with Crippen LogP contribution >= 0.6 is 39.1 Å². The van der Waals surface area contributed by atoms with Crippen LogP contribution in [-0.2, 0) is 4.74 Å². The minimum absolute atomic E-state index is 0.193. The number of ether oxygens (including phenoxy) is 1. The number of likely N-dealkylation sites (tertiary alicyclic amines) is 1. The molecule has 1 aliphatic heterocycles. The van der Waals surface area contributed by atoms with E-state index in [1.165, 1.54) is 0 Å². The van der Waals surface area contributed by atoms with Crippen molar-refractivity contribution in [1.29, 1.82) is 0 Å². The number of fused-ring (bicyclic) bond motifs is 3. The van der Waals surface area contributed by atoms with Gasteiger partial charge in [0, 0.05) is 65.4 Å². The molecule has 0 radical (unpaired) electrons. The van der Waals surface area contributed by atoms with Gasteiger partial charge in [-0.2, -0.15) is 0 Å². The van der Waals surface area contributed by atoms with Gasteiger partial charge in [0.15, 0.2) is 0 Å². The van der Waals surface area contributed by atoms with Crippen molar-refractivity contribution < 1.29 is 9.53 Å². The zero-order valence-corrected chi connectivity index (χ0v) is 24.5. The summed E-state index contributed by atoms with van der Waals surface area (Å²) in [6.07, 6.45) is 5.33. The number of rotatable bonds is 3. The van der Waals surface area contributed by atoms with Crippen molar-refractivity contribution in [3.05, 3.63) is 81.4 Å². The number of amides is 1. The Labute approximate surface area is 243 Å². The van der Waals surface area contributed by atoms with Gasteiger partial charge in [-0.1, -0.05) is 35.3 Å². The van der Waals surface area contributed by atoms with E-state index in [9.17, 15) is 4.79 Å². The molecule has 0 saturated carbocycles. The van der Waals surface area contributed by atoms with E-state index in [-0.39, 0.29) is 12.0 Å². The van der Waals surface area contributed by atoms with Crippen molar-refractivity contribution in [1.82, 2.24) is 24.3 Å². The quantitative estimate of drug-likeness (QED) is 0.203. The van der Waals surface area contributed by atoms with Crippen LogP contribution in [-0.4, -0.2) is 49.0 Å². The molecule has 0 spiro atoms. The minimum atomic E-state index is -0.503. The molecular weight excluding hydrogens is 601 g/mol. The third-order valence-electron chi connectivity index (χ3n) is 6.66. The highest BCUT2D eigenvalue weighted by Gasteiger charge is 2.35. The second-order valence-electron chi connectivity index (χ2n) is 10.6. The van der Waals surface area contributed by atoms with Crippen LogP contribution in [0.2, 0.25) is 10.0 Å². The molecule has 1 aromatic carbocycles. The molecule has 0 aliphatic carbocycles. The van der Waals surface area contributed by atoms with Gasteiger partial charge >= 0.3 is 6.09 Å². The number of imidazole rings is 1. The van der Waals surface area contributed by atoms with Crippen LogP contribution in [0.3, 0.4) is 0 Å². The van der Waals surface area contributed by atoms with Crippen LogP contribution in [0.15, 0.2) is 65.7 Å². The van der Waals surface area contributed by atoms with Crippen LogP contribution in [0.1, 0.15) is 32.4 Å². The molecule has 1 aliphatic rings. The van der Waals surface area contributed by atoms with Crippen LogP contribution < -0.4 is 0 Å². The highest BCUT2D eigenvalue weighted by atomic mass is 79.9. The molecule has 4 aromatic heterocycles. The van der Waals surface area contributed by atoms with Gasteiger partial charge in [0.05, 0.1) is 15.6 Å². The highest BCUT2D eigenvalue weighted by molar-refractivity contribution is 9.10. The molecule has 0 N–H and O–H groups in total. The number of benzene rings is 1. The van der Waals surface area contributed by atoms with Crippen molar-refractivity contribution in [3.8, 4) is 22.4 Å². The topological polar surface area (TPSA) is 72.6 Å². The lowest BCUT2D eigenvalue weighted by Crippen LogP contribution is -2.50. The molecule has 198 valence electrons. The number of nitrogens with zero attached hydrogens (tertiary/aromatic N) is 5. The number of hydrogen-bond donors (Lipinski definition) is 0. The summed E-state index contributed by atoms with van der Waals surface area (Å²) in [4.78, 5) is 28.3. The van der Waals surface area contributed by atoms with E-state index in [1.807, 2.05) is 68.0 Å². The number of carbonyl (C=O) groups is 1. The molecule has 0 unspecified atom stereocenters. The largest absolute Gasteiger partial charge is 0.444 e. The van der Waals surface area contributed by atoms with Gasteiger partial charge in [0.25, 0.3) is 0 Å². The van der Waals surface area contributed by atoms with Gasteiger partial charge < -0.3 is 9.64 Å². The van der Waals surface area contributed by atoms with Crippen LogP contribution in [0.5, 0.6) is 0 Å². The predicted octanol–water partition coefficient (Wildman–Crippen LogP) is 8.02. The monoisotopic (exact) mass is 623 g/mol. The first kappa shape index (κ1) is 26.0. The number of pyridine rings is 3. The molecular formula is C29H24BrCl2N5O2. The smallest absolute Gasteiger partial charge is 0.410 e. The van der Waals surface area contributed by atoms with Crippen molar-refractivity contribution in [2.75, 3.05) is 13.1 Å². The Morgan fingerprint density at radius 2 is 1.74 bits per heavy atom. The Bertz CT molecular complexity index is 1720.